The second-order valence-corrected chi connectivity index (χ2v) is 7.85. The van der Waals surface area contributed by atoms with Crippen molar-refractivity contribution in [3.05, 3.63) is 35.9 Å². The third kappa shape index (κ3) is 4.58. The molecule has 0 amide bonds. The Hall–Kier alpha value is -1.48. The molecule has 3 unspecified atom stereocenters. The molecule has 138 valence electrons. The Labute approximate surface area is 147 Å². The van der Waals surface area contributed by atoms with Crippen molar-refractivity contribution in [2.75, 3.05) is 13.7 Å². The van der Waals surface area contributed by atoms with E-state index in [0.29, 0.717) is 17.6 Å². The number of esters is 1. The predicted molar refractivity (Wildman–Crippen MR) is 90.4 cm³/mol. The van der Waals surface area contributed by atoms with E-state index in [1.54, 1.807) is 30.3 Å². The number of carbonyl (C=O) groups is 1. The smallest absolute Gasteiger partial charge is 0.397 e. The first-order chi connectivity index (χ1) is 11.8. The highest BCUT2D eigenvalue weighted by Gasteiger charge is 2.40. The van der Waals surface area contributed by atoms with Crippen LogP contribution in [0.2, 0.25) is 0 Å². The van der Waals surface area contributed by atoms with Gasteiger partial charge in [0.15, 0.2) is 0 Å². The Morgan fingerprint density at radius 2 is 1.84 bits per heavy atom. The summed E-state index contributed by atoms with van der Waals surface area (Å²) < 4.78 is 40.7. The minimum atomic E-state index is -4.62. The topological polar surface area (TPSA) is 93.1 Å². The number of benzene rings is 1. The Bertz CT molecular complexity index is 693. The molecule has 2 fully saturated rings. The van der Waals surface area contributed by atoms with Crippen LogP contribution in [0.25, 0.3) is 0 Å². The van der Waals surface area contributed by atoms with Gasteiger partial charge in [-0.15, -0.1) is 0 Å². The Morgan fingerprint density at radius 3 is 2.40 bits per heavy atom. The minimum absolute atomic E-state index is 0.168. The average molecular weight is 369 g/mol. The van der Waals surface area contributed by atoms with Crippen LogP contribution < -0.4 is 0 Å². The number of nitrogens with zero attached hydrogens (tertiary/aromatic N) is 1. The van der Waals surface area contributed by atoms with Gasteiger partial charge in [0.1, 0.15) is 12.0 Å². The van der Waals surface area contributed by atoms with Gasteiger partial charge in [0, 0.05) is 12.1 Å². The van der Waals surface area contributed by atoms with Gasteiger partial charge in [0.05, 0.1) is 6.61 Å². The molecule has 2 aliphatic rings. The molecule has 0 aromatic heterocycles. The molecule has 0 radical (unpaired) electrons. The first-order valence-electron chi connectivity index (χ1n) is 8.42. The zero-order chi connectivity index (χ0) is 18.0. The van der Waals surface area contributed by atoms with Crippen molar-refractivity contribution < 1.29 is 26.7 Å². The molecule has 0 spiro atoms. The van der Waals surface area contributed by atoms with Crippen LogP contribution >= 0.6 is 0 Å². The zero-order valence-electron chi connectivity index (χ0n) is 14.1. The van der Waals surface area contributed by atoms with Crippen LogP contribution in [0.1, 0.15) is 37.2 Å². The maximum atomic E-state index is 12.7. The SMILES string of the molecule is CN1C2CCC1CC(OC(=O)C(COS(=O)(=O)O)c1ccccc1)C2. The Kier molecular flexibility index (Phi) is 5.43. The highest BCUT2D eigenvalue weighted by molar-refractivity contribution is 7.80. The second-order valence-electron chi connectivity index (χ2n) is 6.76. The summed E-state index contributed by atoms with van der Waals surface area (Å²) in [6.07, 6.45) is 3.64. The van der Waals surface area contributed by atoms with Crippen LogP contribution in [-0.4, -0.2) is 55.7 Å². The molecule has 1 aromatic rings. The largest absolute Gasteiger partial charge is 0.462 e. The molecule has 25 heavy (non-hydrogen) atoms. The first kappa shape index (κ1) is 18.3. The van der Waals surface area contributed by atoms with Crippen molar-refractivity contribution >= 4 is 16.4 Å². The Morgan fingerprint density at radius 1 is 1.24 bits per heavy atom. The van der Waals surface area contributed by atoms with E-state index in [-0.39, 0.29) is 6.10 Å². The lowest BCUT2D eigenvalue weighted by Crippen LogP contribution is -2.44. The summed E-state index contributed by atoms with van der Waals surface area (Å²) in [5, 5.41) is 0. The van der Waals surface area contributed by atoms with Crippen molar-refractivity contribution in [3.63, 3.8) is 0 Å². The molecule has 2 aliphatic heterocycles. The van der Waals surface area contributed by atoms with E-state index in [1.165, 1.54) is 0 Å². The van der Waals surface area contributed by atoms with Gasteiger partial charge in [-0.3, -0.25) is 9.35 Å². The molecule has 7 nitrogen and oxygen atoms in total. The summed E-state index contributed by atoms with van der Waals surface area (Å²) in [7, 11) is -2.52. The third-order valence-electron chi connectivity index (χ3n) is 5.21. The van der Waals surface area contributed by atoms with E-state index in [2.05, 4.69) is 16.1 Å². The quantitative estimate of drug-likeness (QED) is 0.603. The van der Waals surface area contributed by atoms with Crippen LogP contribution in [0.15, 0.2) is 30.3 Å². The van der Waals surface area contributed by atoms with Gasteiger partial charge in [-0.2, -0.15) is 8.42 Å². The molecular weight excluding hydrogens is 346 g/mol. The number of hydrogen-bond acceptors (Lipinski definition) is 6. The third-order valence-corrected chi connectivity index (χ3v) is 5.64. The summed E-state index contributed by atoms with van der Waals surface area (Å²) in [5.74, 6) is -1.43. The molecule has 1 aromatic carbocycles. The van der Waals surface area contributed by atoms with Crippen LogP contribution in [0.4, 0.5) is 0 Å². The van der Waals surface area contributed by atoms with Gasteiger partial charge in [0.25, 0.3) is 0 Å². The zero-order valence-corrected chi connectivity index (χ0v) is 14.9. The van der Waals surface area contributed by atoms with Gasteiger partial charge < -0.3 is 9.64 Å². The van der Waals surface area contributed by atoms with Crippen molar-refractivity contribution in [1.82, 2.24) is 4.90 Å². The van der Waals surface area contributed by atoms with E-state index in [4.69, 9.17) is 9.29 Å². The van der Waals surface area contributed by atoms with Gasteiger partial charge in [-0.25, -0.2) is 4.18 Å². The van der Waals surface area contributed by atoms with Gasteiger partial charge >= 0.3 is 16.4 Å². The lowest BCUT2D eigenvalue weighted by atomic mass is 9.98. The van der Waals surface area contributed by atoms with Crippen LogP contribution in [-0.2, 0) is 24.1 Å². The normalized spacial score (nSPS) is 27.8. The second kappa shape index (κ2) is 7.41. The number of hydrogen-bond donors (Lipinski definition) is 1. The molecular formula is C17H23NO6S. The fourth-order valence-corrected chi connectivity index (χ4v) is 4.15. The molecule has 3 rings (SSSR count). The lowest BCUT2D eigenvalue weighted by molar-refractivity contribution is -0.155. The maximum Gasteiger partial charge on any atom is 0.397 e. The standard InChI is InChI=1S/C17H23NO6S/c1-18-13-7-8-14(18)10-15(9-13)24-17(19)16(11-23-25(20,21)22)12-5-3-2-4-6-12/h2-6,13-16H,7-11H2,1H3,(H,20,21,22). The fourth-order valence-electron chi connectivity index (χ4n) is 3.84. The molecule has 2 heterocycles. The van der Waals surface area contributed by atoms with Crippen molar-refractivity contribution in [2.45, 2.75) is 49.8 Å². The molecule has 8 heteroatoms. The minimum Gasteiger partial charge on any atom is -0.462 e. The van der Waals surface area contributed by atoms with Crippen LogP contribution in [0.5, 0.6) is 0 Å². The monoisotopic (exact) mass is 369 g/mol. The van der Waals surface area contributed by atoms with E-state index in [9.17, 15) is 13.2 Å². The number of rotatable bonds is 6. The van der Waals surface area contributed by atoms with E-state index < -0.39 is 28.9 Å². The predicted octanol–water partition coefficient (Wildman–Crippen LogP) is 1.76. The number of fused-ring (bicyclic) bond motifs is 2. The fraction of sp³-hybridized carbons (Fsp3) is 0.588. The summed E-state index contributed by atoms with van der Waals surface area (Å²) in [6.45, 7) is -0.485. The van der Waals surface area contributed by atoms with Crippen LogP contribution in [0.3, 0.4) is 0 Å². The van der Waals surface area contributed by atoms with Crippen molar-refractivity contribution in [2.24, 2.45) is 0 Å². The maximum absolute atomic E-state index is 12.7. The summed E-state index contributed by atoms with van der Waals surface area (Å²) in [5.41, 5.74) is 0.590. The summed E-state index contributed by atoms with van der Waals surface area (Å²) in [6, 6.07) is 9.57. The van der Waals surface area contributed by atoms with Crippen molar-refractivity contribution in [3.8, 4) is 0 Å². The van der Waals surface area contributed by atoms with Gasteiger partial charge in [-0.05, 0) is 38.3 Å². The number of ether oxygens (including phenoxy) is 1. The summed E-state index contributed by atoms with van der Waals surface area (Å²) >= 11 is 0. The summed E-state index contributed by atoms with van der Waals surface area (Å²) in [4.78, 5) is 15.0. The van der Waals surface area contributed by atoms with Gasteiger partial charge in [0.2, 0.25) is 0 Å². The molecule has 2 saturated heterocycles. The van der Waals surface area contributed by atoms with Gasteiger partial charge in [-0.1, -0.05) is 30.3 Å². The molecule has 0 saturated carbocycles. The lowest BCUT2D eigenvalue weighted by Gasteiger charge is -2.36. The van der Waals surface area contributed by atoms with E-state index in [0.717, 1.165) is 25.7 Å². The molecule has 3 atom stereocenters. The highest BCUT2D eigenvalue weighted by atomic mass is 32.3. The number of piperidine rings is 1. The Balaban J connectivity index is 1.69. The molecule has 0 aliphatic carbocycles. The van der Waals surface area contributed by atoms with E-state index in [1.807, 2.05) is 0 Å². The van der Waals surface area contributed by atoms with E-state index >= 15 is 0 Å². The first-order valence-corrected chi connectivity index (χ1v) is 9.79. The molecule has 2 bridgehead atoms. The molecule has 1 N–H and O–H groups in total. The highest BCUT2D eigenvalue weighted by Crippen LogP contribution is 2.36. The number of carbonyl (C=O) groups excluding carboxylic acids is 1. The van der Waals surface area contributed by atoms with Crippen LogP contribution in [0, 0.1) is 0 Å². The average Bonchev–Trinajstić information content (AvgIpc) is 2.77. The van der Waals surface area contributed by atoms with Crippen molar-refractivity contribution in [1.29, 1.82) is 0 Å².